The minimum atomic E-state index is -0.321. The van der Waals surface area contributed by atoms with E-state index >= 15 is 0 Å². The van der Waals surface area contributed by atoms with Crippen molar-refractivity contribution in [2.24, 2.45) is 0 Å². The molecule has 0 radical (unpaired) electrons. The summed E-state index contributed by atoms with van der Waals surface area (Å²) in [6.45, 7) is 1.62. The zero-order chi connectivity index (χ0) is 18.0. The molecule has 2 aliphatic rings. The van der Waals surface area contributed by atoms with E-state index in [9.17, 15) is 4.79 Å². The summed E-state index contributed by atoms with van der Waals surface area (Å²) in [7, 11) is 1.67. The highest BCUT2D eigenvalue weighted by Gasteiger charge is 2.53. The average Bonchev–Trinajstić information content (AvgIpc) is 3.51. The maximum absolute atomic E-state index is 13.2. The molecule has 1 amide bonds. The van der Waals surface area contributed by atoms with Gasteiger partial charge in [-0.05, 0) is 55.5 Å². The molecule has 1 saturated carbocycles. The minimum absolute atomic E-state index is 0.283. The number of anilines is 1. The third kappa shape index (κ3) is 3.26. The van der Waals surface area contributed by atoms with Gasteiger partial charge < -0.3 is 15.0 Å². The maximum atomic E-state index is 13.2. The Kier molecular flexibility index (Phi) is 4.53. The van der Waals surface area contributed by atoms with E-state index in [1.165, 1.54) is 0 Å². The van der Waals surface area contributed by atoms with Crippen LogP contribution in [0.3, 0.4) is 0 Å². The number of hydrogen-bond donors (Lipinski definition) is 1. The standard InChI is InChI=1S/C21H25N3O2/c1-26-19-6-2-4-16(14-19)21(9-10-21)20(25)24-12-7-17(8-13-24)23-18-5-3-11-22-15-18/h2-6,11,14-15,17,23H,7-10,12-13H2,1H3. The van der Waals surface area contributed by atoms with Gasteiger partial charge in [0.25, 0.3) is 0 Å². The summed E-state index contributed by atoms with van der Waals surface area (Å²) < 4.78 is 5.34. The van der Waals surface area contributed by atoms with Crippen LogP contribution in [0.5, 0.6) is 5.75 Å². The third-order valence-electron chi connectivity index (χ3n) is 5.60. The highest BCUT2D eigenvalue weighted by Crippen LogP contribution is 2.50. The van der Waals surface area contributed by atoms with E-state index in [-0.39, 0.29) is 11.3 Å². The summed E-state index contributed by atoms with van der Waals surface area (Å²) in [6, 6.07) is 12.4. The number of aromatic nitrogens is 1. The number of carbonyl (C=O) groups is 1. The molecular weight excluding hydrogens is 326 g/mol. The zero-order valence-electron chi connectivity index (χ0n) is 15.1. The number of likely N-dealkylation sites (tertiary alicyclic amines) is 1. The number of nitrogens with zero attached hydrogens (tertiary/aromatic N) is 2. The smallest absolute Gasteiger partial charge is 0.233 e. The number of hydrogen-bond acceptors (Lipinski definition) is 4. The van der Waals surface area contributed by atoms with Crippen LogP contribution in [0.25, 0.3) is 0 Å². The van der Waals surface area contributed by atoms with Crippen molar-refractivity contribution in [3.05, 3.63) is 54.4 Å². The Morgan fingerprint density at radius 1 is 1.23 bits per heavy atom. The lowest BCUT2D eigenvalue weighted by Gasteiger charge is -2.35. The SMILES string of the molecule is COc1cccc(C2(C(=O)N3CCC(Nc4cccnc4)CC3)CC2)c1. The molecule has 2 aromatic rings. The zero-order valence-corrected chi connectivity index (χ0v) is 15.1. The Hall–Kier alpha value is -2.56. The van der Waals surface area contributed by atoms with Crippen molar-refractivity contribution < 1.29 is 9.53 Å². The topological polar surface area (TPSA) is 54.5 Å². The molecule has 1 aromatic carbocycles. The van der Waals surface area contributed by atoms with Crippen molar-refractivity contribution in [1.29, 1.82) is 0 Å². The number of pyridine rings is 1. The van der Waals surface area contributed by atoms with Crippen LogP contribution in [0, 0.1) is 0 Å². The lowest BCUT2D eigenvalue weighted by atomic mass is 9.92. The fraction of sp³-hybridized carbons (Fsp3) is 0.429. The minimum Gasteiger partial charge on any atom is -0.497 e. The summed E-state index contributed by atoms with van der Waals surface area (Å²) in [6.07, 6.45) is 7.43. The first-order chi connectivity index (χ1) is 12.7. The number of ether oxygens (including phenoxy) is 1. The van der Waals surface area contributed by atoms with Gasteiger partial charge in [-0.1, -0.05) is 12.1 Å². The molecule has 26 heavy (non-hydrogen) atoms. The Morgan fingerprint density at radius 2 is 2.04 bits per heavy atom. The van der Waals surface area contributed by atoms with Crippen LogP contribution in [0.2, 0.25) is 0 Å². The van der Waals surface area contributed by atoms with Crippen molar-refractivity contribution in [3.63, 3.8) is 0 Å². The molecule has 1 saturated heterocycles. The molecule has 5 nitrogen and oxygen atoms in total. The predicted octanol–water partition coefficient (Wildman–Crippen LogP) is 3.22. The van der Waals surface area contributed by atoms with E-state index in [2.05, 4.69) is 16.4 Å². The second-order valence-corrected chi connectivity index (χ2v) is 7.27. The second kappa shape index (κ2) is 6.98. The molecule has 4 rings (SSSR count). The normalized spacial score (nSPS) is 19.0. The van der Waals surface area contributed by atoms with Gasteiger partial charge in [-0.25, -0.2) is 0 Å². The van der Waals surface area contributed by atoms with Crippen molar-refractivity contribution in [2.75, 3.05) is 25.5 Å². The maximum Gasteiger partial charge on any atom is 0.233 e. The highest BCUT2D eigenvalue weighted by atomic mass is 16.5. The first kappa shape index (κ1) is 16.9. The quantitative estimate of drug-likeness (QED) is 0.899. The Morgan fingerprint density at radius 3 is 2.69 bits per heavy atom. The van der Waals surface area contributed by atoms with Crippen LogP contribution in [0.15, 0.2) is 48.8 Å². The molecule has 2 heterocycles. The largest absolute Gasteiger partial charge is 0.497 e. The lowest BCUT2D eigenvalue weighted by molar-refractivity contribution is -0.134. The van der Waals surface area contributed by atoms with Crippen LogP contribution < -0.4 is 10.1 Å². The van der Waals surface area contributed by atoms with E-state index in [4.69, 9.17) is 4.74 Å². The average molecular weight is 351 g/mol. The molecule has 1 aromatic heterocycles. The van der Waals surface area contributed by atoms with Gasteiger partial charge in [0.1, 0.15) is 5.75 Å². The van der Waals surface area contributed by atoms with Crippen LogP contribution in [-0.2, 0) is 10.2 Å². The number of methoxy groups -OCH3 is 1. The lowest BCUT2D eigenvalue weighted by Crippen LogP contribution is -2.46. The van der Waals surface area contributed by atoms with Gasteiger partial charge in [0.15, 0.2) is 0 Å². The summed E-state index contributed by atoms with van der Waals surface area (Å²) >= 11 is 0. The van der Waals surface area contributed by atoms with E-state index in [1.807, 2.05) is 41.4 Å². The van der Waals surface area contributed by atoms with Crippen LogP contribution >= 0.6 is 0 Å². The fourth-order valence-corrected chi connectivity index (χ4v) is 3.89. The van der Waals surface area contributed by atoms with Gasteiger partial charge in [-0.2, -0.15) is 0 Å². The fourth-order valence-electron chi connectivity index (χ4n) is 3.89. The summed E-state index contributed by atoms with van der Waals surface area (Å²) in [4.78, 5) is 19.4. The van der Waals surface area contributed by atoms with Gasteiger partial charge >= 0.3 is 0 Å². The van der Waals surface area contributed by atoms with Crippen molar-refractivity contribution >= 4 is 11.6 Å². The number of benzene rings is 1. The van der Waals surface area contributed by atoms with E-state index in [1.54, 1.807) is 13.3 Å². The Bertz CT molecular complexity index is 766. The van der Waals surface area contributed by atoms with Crippen LogP contribution in [0.4, 0.5) is 5.69 Å². The molecule has 1 aliphatic heterocycles. The molecule has 0 spiro atoms. The molecule has 0 bridgehead atoms. The number of rotatable bonds is 5. The molecule has 2 fully saturated rings. The van der Waals surface area contributed by atoms with Crippen molar-refractivity contribution in [1.82, 2.24) is 9.88 Å². The molecule has 5 heteroatoms. The number of amides is 1. The Labute approximate surface area is 154 Å². The van der Waals surface area contributed by atoms with E-state index < -0.39 is 0 Å². The molecule has 0 atom stereocenters. The van der Waals surface area contributed by atoms with Gasteiger partial charge in [0.2, 0.25) is 5.91 Å². The van der Waals surface area contributed by atoms with Crippen molar-refractivity contribution in [2.45, 2.75) is 37.1 Å². The first-order valence-corrected chi connectivity index (χ1v) is 9.32. The number of carbonyl (C=O) groups excluding carboxylic acids is 1. The van der Waals surface area contributed by atoms with E-state index in [0.29, 0.717) is 6.04 Å². The van der Waals surface area contributed by atoms with Gasteiger partial charge in [0.05, 0.1) is 18.2 Å². The van der Waals surface area contributed by atoms with Gasteiger partial charge in [-0.3, -0.25) is 9.78 Å². The van der Waals surface area contributed by atoms with Crippen LogP contribution in [-0.4, -0.2) is 42.0 Å². The van der Waals surface area contributed by atoms with Crippen molar-refractivity contribution in [3.8, 4) is 5.75 Å². The predicted molar refractivity (Wildman–Crippen MR) is 101 cm³/mol. The molecule has 1 aliphatic carbocycles. The number of piperidine rings is 1. The summed E-state index contributed by atoms with van der Waals surface area (Å²) in [5, 5.41) is 3.52. The third-order valence-corrected chi connectivity index (χ3v) is 5.60. The molecule has 1 N–H and O–H groups in total. The molecule has 0 unspecified atom stereocenters. The Balaban J connectivity index is 1.39. The summed E-state index contributed by atoms with van der Waals surface area (Å²) in [5.74, 6) is 1.10. The number of nitrogens with one attached hydrogen (secondary N) is 1. The van der Waals surface area contributed by atoms with Crippen LogP contribution in [0.1, 0.15) is 31.2 Å². The summed E-state index contributed by atoms with van der Waals surface area (Å²) in [5.41, 5.74) is 1.82. The van der Waals surface area contributed by atoms with Gasteiger partial charge in [-0.15, -0.1) is 0 Å². The highest BCUT2D eigenvalue weighted by molar-refractivity contribution is 5.91. The molecule has 136 valence electrons. The molecular formula is C21H25N3O2. The second-order valence-electron chi connectivity index (χ2n) is 7.27. The first-order valence-electron chi connectivity index (χ1n) is 9.32. The van der Waals surface area contributed by atoms with E-state index in [0.717, 1.165) is 55.8 Å². The van der Waals surface area contributed by atoms with Gasteiger partial charge in [0, 0.05) is 31.5 Å². The monoisotopic (exact) mass is 351 g/mol.